The molecule has 3 saturated heterocycles. The Balaban J connectivity index is 1.36. The van der Waals surface area contributed by atoms with Crippen LogP contribution in [0, 0.1) is 11.3 Å². The summed E-state index contributed by atoms with van der Waals surface area (Å²) in [6.45, 7) is 7.83. The highest BCUT2D eigenvalue weighted by Crippen LogP contribution is 2.44. The Labute approximate surface area is 188 Å². The van der Waals surface area contributed by atoms with Crippen LogP contribution in [-0.4, -0.2) is 43.3 Å². The molecule has 164 valence electrons. The number of nitrogens with one attached hydrogen (secondary N) is 1. The fraction of sp³-hybridized carbons (Fsp3) is 0.480. The number of fused-ring (bicyclic) bond motifs is 4. The zero-order chi connectivity index (χ0) is 21.6. The molecule has 1 unspecified atom stereocenters. The summed E-state index contributed by atoms with van der Waals surface area (Å²) in [6, 6.07) is 13.7. The second-order valence-corrected chi connectivity index (χ2v) is 10.1. The number of hydrogen-bond acceptors (Lipinski definition) is 4. The second-order valence-electron chi connectivity index (χ2n) is 9.67. The lowest BCUT2D eigenvalue weighted by Gasteiger charge is -2.44. The Kier molecular flexibility index (Phi) is 5.35. The zero-order valence-electron chi connectivity index (χ0n) is 18.1. The number of halogens is 1. The highest BCUT2D eigenvalue weighted by Gasteiger charge is 2.41. The lowest BCUT2D eigenvalue weighted by Crippen LogP contribution is -2.53. The van der Waals surface area contributed by atoms with Crippen molar-refractivity contribution in [1.29, 1.82) is 0 Å². The summed E-state index contributed by atoms with van der Waals surface area (Å²) < 4.78 is 12.0. The SMILES string of the molecule is CC1(C)COc2cc(-c3ccccc3Cl)ccc2C1NC(=O)O[C@@H]1CN2CCC1CC2. The van der Waals surface area contributed by atoms with Crippen LogP contribution in [-0.2, 0) is 4.74 Å². The highest BCUT2D eigenvalue weighted by atomic mass is 35.5. The maximum absolute atomic E-state index is 12.9. The van der Waals surface area contributed by atoms with Gasteiger partial charge < -0.3 is 14.8 Å². The fourth-order valence-corrected chi connectivity index (χ4v) is 5.38. The van der Waals surface area contributed by atoms with Gasteiger partial charge in [-0.2, -0.15) is 0 Å². The second kappa shape index (κ2) is 8.03. The van der Waals surface area contributed by atoms with Crippen molar-refractivity contribution in [2.45, 2.75) is 38.8 Å². The van der Waals surface area contributed by atoms with Crippen LogP contribution < -0.4 is 10.1 Å². The number of amides is 1. The van der Waals surface area contributed by atoms with Gasteiger partial charge in [0.05, 0.1) is 12.6 Å². The number of ether oxygens (including phenoxy) is 2. The number of carbonyl (C=O) groups excluding carboxylic acids is 1. The lowest BCUT2D eigenvalue weighted by molar-refractivity contribution is -0.0361. The van der Waals surface area contributed by atoms with Crippen LogP contribution in [0.3, 0.4) is 0 Å². The molecule has 0 saturated carbocycles. The van der Waals surface area contributed by atoms with Gasteiger partial charge in [-0.1, -0.05) is 55.8 Å². The quantitative estimate of drug-likeness (QED) is 0.704. The van der Waals surface area contributed by atoms with E-state index in [1.807, 2.05) is 42.5 Å². The number of hydrogen-bond donors (Lipinski definition) is 1. The van der Waals surface area contributed by atoms with Gasteiger partial charge in [0.25, 0.3) is 0 Å². The van der Waals surface area contributed by atoms with Crippen molar-refractivity contribution < 1.29 is 14.3 Å². The molecule has 2 atom stereocenters. The number of piperidine rings is 3. The van der Waals surface area contributed by atoms with E-state index < -0.39 is 0 Å². The van der Waals surface area contributed by atoms with E-state index in [2.05, 4.69) is 24.1 Å². The van der Waals surface area contributed by atoms with E-state index in [1.54, 1.807) is 0 Å². The molecule has 0 aliphatic carbocycles. The molecule has 4 heterocycles. The average Bonchev–Trinajstić information content (AvgIpc) is 2.77. The predicted octanol–water partition coefficient (Wildman–Crippen LogP) is 5.29. The summed E-state index contributed by atoms with van der Waals surface area (Å²) in [5, 5.41) is 3.86. The van der Waals surface area contributed by atoms with E-state index in [0.29, 0.717) is 17.5 Å². The first kappa shape index (κ1) is 20.7. The van der Waals surface area contributed by atoms with Gasteiger partial charge in [0.15, 0.2) is 0 Å². The molecule has 4 aliphatic heterocycles. The number of rotatable bonds is 3. The van der Waals surface area contributed by atoms with Crippen LogP contribution in [0.25, 0.3) is 11.1 Å². The molecule has 2 bridgehead atoms. The minimum Gasteiger partial charge on any atom is -0.493 e. The van der Waals surface area contributed by atoms with Crippen LogP contribution in [0.2, 0.25) is 5.02 Å². The molecule has 0 aromatic heterocycles. The Morgan fingerprint density at radius 3 is 2.68 bits per heavy atom. The molecule has 31 heavy (non-hydrogen) atoms. The molecule has 1 amide bonds. The van der Waals surface area contributed by atoms with Crippen LogP contribution in [0.1, 0.15) is 38.3 Å². The van der Waals surface area contributed by atoms with Crippen LogP contribution in [0.5, 0.6) is 5.75 Å². The highest BCUT2D eigenvalue weighted by molar-refractivity contribution is 6.33. The molecule has 3 fully saturated rings. The van der Waals surface area contributed by atoms with Crippen LogP contribution in [0.15, 0.2) is 42.5 Å². The number of alkyl carbamates (subject to hydrolysis) is 1. The van der Waals surface area contributed by atoms with Gasteiger partial charge in [-0.05, 0) is 49.5 Å². The largest absolute Gasteiger partial charge is 0.493 e. The molecular weight excluding hydrogens is 412 g/mol. The summed E-state index contributed by atoms with van der Waals surface area (Å²) >= 11 is 6.39. The number of nitrogens with zero attached hydrogens (tertiary/aromatic N) is 1. The number of carbonyl (C=O) groups is 1. The van der Waals surface area contributed by atoms with Crippen molar-refractivity contribution in [2.24, 2.45) is 11.3 Å². The zero-order valence-corrected chi connectivity index (χ0v) is 18.8. The third-order valence-corrected chi connectivity index (χ3v) is 7.34. The van der Waals surface area contributed by atoms with Crippen molar-refractivity contribution in [3.63, 3.8) is 0 Å². The molecule has 2 aromatic carbocycles. The van der Waals surface area contributed by atoms with Gasteiger partial charge in [0.2, 0.25) is 0 Å². The van der Waals surface area contributed by atoms with Gasteiger partial charge >= 0.3 is 6.09 Å². The molecule has 0 spiro atoms. The van der Waals surface area contributed by atoms with E-state index in [-0.39, 0.29) is 23.7 Å². The smallest absolute Gasteiger partial charge is 0.407 e. The minimum absolute atomic E-state index is 0.00692. The Bertz CT molecular complexity index is 984. The van der Waals surface area contributed by atoms with Gasteiger partial charge in [-0.25, -0.2) is 4.79 Å². The number of benzene rings is 2. The van der Waals surface area contributed by atoms with E-state index >= 15 is 0 Å². The summed E-state index contributed by atoms with van der Waals surface area (Å²) in [5.74, 6) is 1.27. The summed E-state index contributed by atoms with van der Waals surface area (Å²) in [7, 11) is 0. The van der Waals surface area contributed by atoms with E-state index in [9.17, 15) is 4.79 Å². The van der Waals surface area contributed by atoms with Gasteiger partial charge in [0, 0.05) is 28.1 Å². The molecule has 5 nitrogen and oxygen atoms in total. The maximum atomic E-state index is 12.9. The Morgan fingerprint density at radius 1 is 1.19 bits per heavy atom. The fourth-order valence-electron chi connectivity index (χ4n) is 5.14. The van der Waals surface area contributed by atoms with Gasteiger partial charge in [0.1, 0.15) is 11.9 Å². The van der Waals surface area contributed by atoms with Gasteiger partial charge in [-0.3, -0.25) is 4.90 Å². The van der Waals surface area contributed by atoms with Crippen molar-refractivity contribution in [1.82, 2.24) is 10.2 Å². The topological polar surface area (TPSA) is 50.8 Å². The summed E-state index contributed by atoms with van der Waals surface area (Å²) in [6.07, 6.45) is 1.90. The Hall–Kier alpha value is -2.24. The molecular formula is C25H29ClN2O3. The third kappa shape index (κ3) is 4.01. The standard InChI is InChI=1S/C25H29ClN2O3/c1-25(2)15-30-21-13-17(18-5-3-4-6-20(18)26)7-8-19(21)23(25)27-24(29)31-22-14-28-11-9-16(22)10-12-28/h3-8,13,16,22-23H,9-12,14-15H2,1-2H3,(H,27,29)/t22-,23?/m1/s1. The predicted molar refractivity (Wildman–Crippen MR) is 121 cm³/mol. The molecule has 6 heteroatoms. The first-order valence-electron chi connectivity index (χ1n) is 11.1. The van der Waals surface area contributed by atoms with Crippen molar-refractivity contribution >= 4 is 17.7 Å². The van der Waals surface area contributed by atoms with Crippen molar-refractivity contribution in [3.8, 4) is 16.9 Å². The molecule has 2 aromatic rings. The average molecular weight is 441 g/mol. The van der Waals surface area contributed by atoms with E-state index in [0.717, 1.165) is 54.9 Å². The molecule has 1 N–H and O–H groups in total. The normalized spacial score (nSPS) is 28.4. The lowest BCUT2D eigenvalue weighted by atomic mass is 9.78. The van der Waals surface area contributed by atoms with Gasteiger partial charge in [-0.15, -0.1) is 0 Å². The first-order valence-corrected chi connectivity index (χ1v) is 11.5. The first-order chi connectivity index (χ1) is 14.9. The van der Waals surface area contributed by atoms with E-state index in [4.69, 9.17) is 21.1 Å². The van der Waals surface area contributed by atoms with Crippen molar-refractivity contribution in [2.75, 3.05) is 26.2 Å². The Morgan fingerprint density at radius 2 is 1.97 bits per heavy atom. The molecule has 6 rings (SSSR count). The maximum Gasteiger partial charge on any atom is 0.407 e. The summed E-state index contributed by atoms with van der Waals surface area (Å²) in [5.41, 5.74) is 2.68. The van der Waals surface area contributed by atoms with Crippen LogP contribution >= 0.6 is 11.6 Å². The van der Waals surface area contributed by atoms with Crippen molar-refractivity contribution in [3.05, 3.63) is 53.1 Å². The molecule has 4 aliphatic rings. The third-order valence-electron chi connectivity index (χ3n) is 7.01. The summed E-state index contributed by atoms with van der Waals surface area (Å²) in [4.78, 5) is 15.3. The van der Waals surface area contributed by atoms with Crippen LogP contribution in [0.4, 0.5) is 4.79 Å². The molecule has 0 radical (unpaired) electrons. The van der Waals surface area contributed by atoms with E-state index in [1.165, 1.54) is 0 Å². The monoisotopic (exact) mass is 440 g/mol. The minimum atomic E-state index is -0.333.